The van der Waals surface area contributed by atoms with Crippen molar-refractivity contribution in [2.24, 2.45) is 0 Å². The third-order valence-corrected chi connectivity index (χ3v) is 4.41. The van der Waals surface area contributed by atoms with Crippen molar-refractivity contribution in [2.45, 2.75) is 31.8 Å². The van der Waals surface area contributed by atoms with Gasteiger partial charge in [-0.1, -0.05) is 32.0 Å². The molecule has 0 aliphatic carbocycles. The van der Waals surface area contributed by atoms with E-state index in [4.69, 9.17) is 0 Å². The molecule has 2 rings (SSSR count). The summed E-state index contributed by atoms with van der Waals surface area (Å²) < 4.78 is 24.1. The number of aryl methyl sites for hydroxylation is 1. The SMILES string of the molecule is Cc1nc(S(=O)(=O)CC(=O)Nc2ccccc2C(C)C)n[nH]1. The predicted molar refractivity (Wildman–Crippen MR) is 82.3 cm³/mol. The standard InChI is InChI=1S/C14H18N4O3S/c1-9(2)11-6-4-5-7-12(11)16-13(19)8-22(20,21)14-15-10(3)17-18-14/h4-7,9H,8H2,1-3H3,(H,16,19)(H,15,17,18). The van der Waals surface area contributed by atoms with Gasteiger partial charge in [-0.05, 0) is 24.5 Å². The van der Waals surface area contributed by atoms with Gasteiger partial charge in [0, 0.05) is 5.69 Å². The van der Waals surface area contributed by atoms with E-state index in [2.05, 4.69) is 20.5 Å². The predicted octanol–water partition coefficient (Wildman–Crippen LogP) is 1.65. The van der Waals surface area contributed by atoms with E-state index >= 15 is 0 Å². The third kappa shape index (κ3) is 3.70. The summed E-state index contributed by atoms with van der Waals surface area (Å²) in [6.45, 7) is 5.58. The summed E-state index contributed by atoms with van der Waals surface area (Å²) in [4.78, 5) is 15.8. The van der Waals surface area contributed by atoms with Crippen LogP contribution in [0.2, 0.25) is 0 Å². The number of nitrogens with zero attached hydrogens (tertiary/aromatic N) is 2. The summed E-state index contributed by atoms with van der Waals surface area (Å²) in [5, 5.41) is 8.32. The summed E-state index contributed by atoms with van der Waals surface area (Å²) in [7, 11) is -3.86. The van der Waals surface area contributed by atoms with E-state index in [9.17, 15) is 13.2 Å². The number of para-hydroxylation sites is 1. The fourth-order valence-electron chi connectivity index (χ4n) is 2.00. The molecule has 0 radical (unpaired) electrons. The molecule has 0 atom stereocenters. The van der Waals surface area contributed by atoms with Gasteiger partial charge in [0.25, 0.3) is 5.16 Å². The van der Waals surface area contributed by atoms with Crippen molar-refractivity contribution in [3.63, 3.8) is 0 Å². The van der Waals surface area contributed by atoms with Gasteiger partial charge in [-0.15, -0.1) is 5.10 Å². The monoisotopic (exact) mass is 322 g/mol. The number of amides is 1. The molecule has 1 aromatic heterocycles. The number of aromatic amines is 1. The molecule has 2 aromatic rings. The minimum Gasteiger partial charge on any atom is -0.325 e. The molecule has 0 bridgehead atoms. The van der Waals surface area contributed by atoms with E-state index < -0.39 is 21.5 Å². The summed E-state index contributed by atoms with van der Waals surface area (Å²) in [5.41, 5.74) is 1.56. The lowest BCUT2D eigenvalue weighted by Crippen LogP contribution is -2.24. The minimum atomic E-state index is -3.86. The zero-order chi connectivity index (χ0) is 16.3. The molecule has 0 spiro atoms. The quantitative estimate of drug-likeness (QED) is 0.871. The zero-order valence-electron chi connectivity index (χ0n) is 12.6. The maximum Gasteiger partial charge on any atom is 0.267 e. The lowest BCUT2D eigenvalue weighted by atomic mass is 10.0. The van der Waals surface area contributed by atoms with Crippen LogP contribution >= 0.6 is 0 Å². The number of anilines is 1. The van der Waals surface area contributed by atoms with Crippen molar-refractivity contribution in [3.8, 4) is 0 Å². The van der Waals surface area contributed by atoms with Crippen molar-refractivity contribution in [1.29, 1.82) is 0 Å². The molecular weight excluding hydrogens is 304 g/mol. The third-order valence-electron chi connectivity index (χ3n) is 3.03. The molecular formula is C14H18N4O3S. The van der Waals surface area contributed by atoms with Gasteiger partial charge in [-0.25, -0.2) is 13.4 Å². The smallest absolute Gasteiger partial charge is 0.267 e. The topological polar surface area (TPSA) is 105 Å². The molecule has 1 heterocycles. The van der Waals surface area contributed by atoms with E-state index in [0.717, 1.165) is 5.56 Å². The second-order valence-corrected chi connectivity index (χ2v) is 7.14. The Morgan fingerprint density at radius 3 is 2.59 bits per heavy atom. The van der Waals surface area contributed by atoms with E-state index in [1.807, 2.05) is 26.0 Å². The van der Waals surface area contributed by atoms with Gasteiger partial charge in [0.15, 0.2) is 0 Å². The van der Waals surface area contributed by atoms with Crippen LogP contribution in [0.3, 0.4) is 0 Å². The van der Waals surface area contributed by atoms with Crippen molar-refractivity contribution in [1.82, 2.24) is 15.2 Å². The average molecular weight is 322 g/mol. The van der Waals surface area contributed by atoms with Gasteiger partial charge in [-0.2, -0.15) is 0 Å². The van der Waals surface area contributed by atoms with E-state index in [0.29, 0.717) is 11.5 Å². The van der Waals surface area contributed by atoms with Gasteiger partial charge in [0.1, 0.15) is 11.6 Å². The second kappa shape index (κ2) is 6.27. The second-order valence-electron chi connectivity index (χ2n) is 5.25. The van der Waals surface area contributed by atoms with Gasteiger partial charge in [0.05, 0.1) is 0 Å². The summed E-state index contributed by atoms with van der Waals surface area (Å²) in [5.74, 6) is -0.722. The van der Waals surface area contributed by atoms with Crippen molar-refractivity contribution < 1.29 is 13.2 Å². The molecule has 0 fully saturated rings. The number of hydrogen-bond donors (Lipinski definition) is 2. The molecule has 1 aromatic carbocycles. The Kier molecular flexibility index (Phi) is 4.60. The maximum atomic E-state index is 12.1. The number of benzene rings is 1. The van der Waals surface area contributed by atoms with Crippen LogP contribution in [-0.2, 0) is 14.6 Å². The van der Waals surface area contributed by atoms with Crippen LogP contribution in [0.4, 0.5) is 5.69 Å². The Morgan fingerprint density at radius 2 is 2.00 bits per heavy atom. The Hall–Kier alpha value is -2.22. The van der Waals surface area contributed by atoms with Crippen LogP contribution in [0.25, 0.3) is 0 Å². The minimum absolute atomic E-state index is 0.212. The highest BCUT2D eigenvalue weighted by Gasteiger charge is 2.24. The number of sulfone groups is 1. The highest BCUT2D eigenvalue weighted by Crippen LogP contribution is 2.23. The van der Waals surface area contributed by atoms with Crippen LogP contribution in [-0.4, -0.2) is 35.3 Å². The lowest BCUT2D eigenvalue weighted by Gasteiger charge is -2.13. The maximum absolute atomic E-state index is 12.1. The highest BCUT2D eigenvalue weighted by atomic mass is 32.2. The van der Waals surface area contributed by atoms with E-state index in [1.165, 1.54) is 0 Å². The number of nitrogens with one attached hydrogen (secondary N) is 2. The Bertz CT molecular complexity index is 781. The molecule has 118 valence electrons. The number of H-pyrrole nitrogens is 1. The van der Waals surface area contributed by atoms with Gasteiger partial charge in [0.2, 0.25) is 15.7 Å². The number of carbonyl (C=O) groups is 1. The van der Waals surface area contributed by atoms with Crippen molar-refractivity contribution in [3.05, 3.63) is 35.7 Å². The molecule has 0 aliphatic heterocycles. The number of carbonyl (C=O) groups excluding carboxylic acids is 1. The van der Waals surface area contributed by atoms with Crippen molar-refractivity contribution in [2.75, 3.05) is 11.1 Å². The van der Waals surface area contributed by atoms with Gasteiger partial charge >= 0.3 is 0 Å². The first kappa shape index (κ1) is 16.2. The fraction of sp³-hybridized carbons (Fsp3) is 0.357. The Balaban J connectivity index is 2.14. The number of rotatable bonds is 5. The number of aromatic nitrogens is 3. The van der Waals surface area contributed by atoms with E-state index in [1.54, 1.807) is 19.1 Å². The molecule has 0 saturated carbocycles. The summed E-state index contributed by atoms with van der Waals surface area (Å²) in [6, 6.07) is 7.30. The van der Waals surface area contributed by atoms with Crippen LogP contribution < -0.4 is 5.32 Å². The average Bonchev–Trinajstić information content (AvgIpc) is 2.86. The molecule has 22 heavy (non-hydrogen) atoms. The van der Waals surface area contributed by atoms with E-state index in [-0.39, 0.29) is 11.1 Å². The largest absolute Gasteiger partial charge is 0.325 e. The molecule has 0 saturated heterocycles. The fourth-order valence-corrected chi connectivity index (χ4v) is 3.01. The van der Waals surface area contributed by atoms with Crippen LogP contribution in [0.15, 0.2) is 29.4 Å². The normalized spacial score (nSPS) is 11.6. The highest BCUT2D eigenvalue weighted by molar-refractivity contribution is 7.92. The summed E-state index contributed by atoms with van der Waals surface area (Å²) in [6.07, 6.45) is 0. The zero-order valence-corrected chi connectivity index (χ0v) is 13.4. The molecule has 0 unspecified atom stereocenters. The summed E-state index contributed by atoms with van der Waals surface area (Å²) >= 11 is 0. The first-order valence-electron chi connectivity index (χ1n) is 6.80. The van der Waals surface area contributed by atoms with Gasteiger partial charge in [-0.3, -0.25) is 9.89 Å². The molecule has 8 heteroatoms. The van der Waals surface area contributed by atoms with Crippen LogP contribution in [0.5, 0.6) is 0 Å². The van der Waals surface area contributed by atoms with Crippen LogP contribution in [0.1, 0.15) is 31.2 Å². The number of hydrogen-bond acceptors (Lipinski definition) is 5. The first-order chi connectivity index (χ1) is 10.3. The van der Waals surface area contributed by atoms with Crippen LogP contribution in [0, 0.1) is 6.92 Å². The Morgan fingerprint density at radius 1 is 1.32 bits per heavy atom. The van der Waals surface area contributed by atoms with Gasteiger partial charge < -0.3 is 5.32 Å². The van der Waals surface area contributed by atoms with Crippen molar-refractivity contribution >= 4 is 21.4 Å². The first-order valence-corrected chi connectivity index (χ1v) is 8.45. The molecule has 2 N–H and O–H groups in total. The lowest BCUT2D eigenvalue weighted by molar-refractivity contribution is -0.113. The Labute approximate surface area is 129 Å². The molecule has 1 amide bonds. The molecule has 0 aliphatic rings. The molecule has 7 nitrogen and oxygen atoms in total.